The highest BCUT2D eigenvalue weighted by Crippen LogP contribution is 2.15. The summed E-state index contributed by atoms with van der Waals surface area (Å²) < 4.78 is 5.59. The molecule has 0 bridgehead atoms. The smallest absolute Gasteiger partial charge is 0.335 e. The maximum Gasteiger partial charge on any atom is 0.335 e. The largest absolute Gasteiger partial charge is 0.494 e. The van der Waals surface area contributed by atoms with Gasteiger partial charge in [-0.3, -0.25) is 0 Å². The third-order valence-electron chi connectivity index (χ3n) is 2.91. The molecule has 1 N–H and O–H groups in total. The second kappa shape index (κ2) is 8.37. The average molecular weight is 302 g/mol. The minimum atomic E-state index is -0.918. The van der Waals surface area contributed by atoms with Crippen molar-refractivity contribution in [1.29, 1.82) is 0 Å². The summed E-state index contributed by atoms with van der Waals surface area (Å²) in [6.07, 6.45) is 0.970. The summed E-state index contributed by atoms with van der Waals surface area (Å²) in [5.41, 5.74) is 1.62. The molecule has 0 aliphatic heterocycles. The number of carboxylic acid groups (broad SMARTS) is 1. The highest BCUT2D eigenvalue weighted by molar-refractivity contribution is 7.98. The fraction of sp³-hybridized carbons (Fsp3) is 0.235. The molecular formula is C17H18O3S. The Morgan fingerprint density at radius 2 is 1.76 bits per heavy atom. The van der Waals surface area contributed by atoms with Gasteiger partial charge in [0.15, 0.2) is 0 Å². The fourth-order valence-electron chi connectivity index (χ4n) is 1.81. The second-order valence-corrected chi connectivity index (χ2v) is 5.67. The van der Waals surface area contributed by atoms with Gasteiger partial charge in [0.1, 0.15) is 5.75 Å². The van der Waals surface area contributed by atoms with Gasteiger partial charge >= 0.3 is 5.97 Å². The first-order valence-electron chi connectivity index (χ1n) is 6.83. The third-order valence-corrected chi connectivity index (χ3v) is 4.03. The van der Waals surface area contributed by atoms with Gasteiger partial charge in [0, 0.05) is 5.75 Å². The van der Waals surface area contributed by atoms with Gasteiger partial charge in [0.2, 0.25) is 0 Å². The Hall–Kier alpha value is -1.94. The average Bonchev–Trinajstić information content (AvgIpc) is 2.52. The molecule has 0 amide bonds. The molecule has 110 valence electrons. The third kappa shape index (κ3) is 5.52. The first-order valence-corrected chi connectivity index (χ1v) is 7.99. The highest BCUT2D eigenvalue weighted by atomic mass is 32.2. The molecule has 0 saturated carbocycles. The Morgan fingerprint density at radius 3 is 2.43 bits per heavy atom. The van der Waals surface area contributed by atoms with Crippen LogP contribution in [-0.4, -0.2) is 23.4 Å². The number of hydrogen-bond donors (Lipinski definition) is 1. The fourth-order valence-corrected chi connectivity index (χ4v) is 2.70. The molecule has 0 unspecified atom stereocenters. The zero-order chi connectivity index (χ0) is 14.9. The van der Waals surface area contributed by atoms with Crippen molar-refractivity contribution in [3.63, 3.8) is 0 Å². The topological polar surface area (TPSA) is 46.5 Å². The summed E-state index contributed by atoms with van der Waals surface area (Å²) in [6.45, 7) is 0.647. The van der Waals surface area contributed by atoms with Crippen molar-refractivity contribution in [3.8, 4) is 5.75 Å². The van der Waals surface area contributed by atoms with E-state index in [1.807, 2.05) is 17.8 Å². The number of ether oxygens (including phenoxy) is 1. The van der Waals surface area contributed by atoms with Crippen LogP contribution < -0.4 is 4.74 Å². The lowest BCUT2D eigenvalue weighted by molar-refractivity contribution is 0.0697. The summed E-state index contributed by atoms with van der Waals surface area (Å²) in [5.74, 6) is 1.86. The summed E-state index contributed by atoms with van der Waals surface area (Å²) in [4.78, 5) is 10.7. The first kappa shape index (κ1) is 15.4. The van der Waals surface area contributed by atoms with Crippen LogP contribution in [-0.2, 0) is 5.75 Å². The predicted octanol–water partition coefficient (Wildman–Crippen LogP) is 4.09. The molecule has 0 aliphatic carbocycles. The van der Waals surface area contributed by atoms with E-state index in [4.69, 9.17) is 9.84 Å². The van der Waals surface area contributed by atoms with Gasteiger partial charge in [-0.1, -0.05) is 30.3 Å². The zero-order valence-electron chi connectivity index (χ0n) is 11.7. The molecule has 3 nitrogen and oxygen atoms in total. The summed E-state index contributed by atoms with van der Waals surface area (Å²) in [7, 11) is 0. The summed E-state index contributed by atoms with van der Waals surface area (Å²) in [5, 5.41) is 8.80. The maximum atomic E-state index is 10.7. The van der Waals surface area contributed by atoms with Gasteiger partial charge in [0.05, 0.1) is 12.2 Å². The molecule has 21 heavy (non-hydrogen) atoms. The lowest BCUT2D eigenvalue weighted by atomic mass is 10.2. The molecule has 0 fully saturated rings. The molecule has 0 radical (unpaired) electrons. The Balaban J connectivity index is 1.60. The number of aromatic carboxylic acids is 1. The van der Waals surface area contributed by atoms with E-state index in [1.165, 1.54) is 5.56 Å². The molecule has 0 aliphatic rings. The summed E-state index contributed by atoms with van der Waals surface area (Å²) >= 11 is 1.89. The number of thioether (sulfide) groups is 1. The van der Waals surface area contributed by atoms with E-state index in [0.29, 0.717) is 12.4 Å². The number of carboxylic acids is 1. The minimum absolute atomic E-state index is 0.278. The Morgan fingerprint density at radius 1 is 1.05 bits per heavy atom. The molecule has 2 rings (SSSR count). The van der Waals surface area contributed by atoms with Gasteiger partial charge in [-0.2, -0.15) is 11.8 Å². The quantitative estimate of drug-likeness (QED) is 0.746. The molecule has 0 spiro atoms. The Labute approximate surface area is 129 Å². The van der Waals surface area contributed by atoms with E-state index in [1.54, 1.807) is 24.3 Å². The van der Waals surface area contributed by atoms with E-state index >= 15 is 0 Å². The van der Waals surface area contributed by atoms with Crippen molar-refractivity contribution in [2.75, 3.05) is 12.4 Å². The number of carbonyl (C=O) groups is 1. The SMILES string of the molecule is O=C(O)c1ccc(OCCCSCc2ccccc2)cc1. The van der Waals surface area contributed by atoms with Crippen LogP contribution in [0, 0.1) is 0 Å². The molecule has 0 aromatic heterocycles. The first-order chi connectivity index (χ1) is 10.3. The predicted molar refractivity (Wildman–Crippen MR) is 86.1 cm³/mol. The van der Waals surface area contributed by atoms with Crippen LogP contribution in [0.25, 0.3) is 0 Å². The summed E-state index contributed by atoms with van der Waals surface area (Å²) in [6, 6.07) is 16.9. The number of rotatable bonds is 8. The second-order valence-electron chi connectivity index (χ2n) is 4.57. The van der Waals surface area contributed by atoms with Crippen LogP contribution in [0.15, 0.2) is 54.6 Å². The van der Waals surface area contributed by atoms with Crippen molar-refractivity contribution in [2.24, 2.45) is 0 Å². The molecule has 0 heterocycles. The van der Waals surface area contributed by atoms with Crippen molar-refractivity contribution in [3.05, 3.63) is 65.7 Å². The molecular weight excluding hydrogens is 284 g/mol. The van der Waals surface area contributed by atoms with Crippen molar-refractivity contribution in [1.82, 2.24) is 0 Å². The van der Waals surface area contributed by atoms with E-state index in [2.05, 4.69) is 24.3 Å². The lowest BCUT2D eigenvalue weighted by Crippen LogP contribution is -2.00. The molecule has 2 aromatic carbocycles. The van der Waals surface area contributed by atoms with Crippen LogP contribution in [0.3, 0.4) is 0 Å². The number of hydrogen-bond acceptors (Lipinski definition) is 3. The van der Waals surface area contributed by atoms with Crippen molar-refractivity contribution < 1.29 is 14.6 Å². The van der Waals surface area contributed by atoms with E-state index in [-0.39, 0.29) is 5.56 Å². The van der Waals surface area contributed by atoms with Gasteiger partial charge in [-0.05, 0) is 42.0 Å². The monoisotopic (exact) mass is 302 g/mol. The standard InChI is InChI=1S/C17H18O3S/c18-17(19)15-7-9-16(10-8-15)20-11-4-12-21-13-14-5-2-1-3-6-14/h1-3,5-10H,4,11-13H2,(H,18,19). The van der Waals surface area contributed by atoms with Crippen LogP contribution in [0.2, 0.25) is 0 Å². The normalized spacial score (nSPS) is 10.3. The van der Waals surface area contributed by atoms with Gasteiger partial charge in [0.25, 0.3) is 0 Å². The van der Waals surface area contributed by atoms with E-state index < -0.39 is 5.97 Å². The Kier molecular flexibility index (Phi) is 6.16. The van der Waals surface area contributed by atoms with Crippen molar-refractivity contribution in [2.45, 2.75) is 12.2 Å². The van der Waals surface area contributed by atoms with Crippen molar-refractivity contribution >= 4 is 17.7 Å². The van der Waals surface area contributed by atoms with E-state index in [9.17, 15) is 4.79 Å². The van der Waals surface area contributed by atoms with Crippen LogP contribution in [0.1, 0.15) is 22.3 Å². The maximum absolute atomic E-state index is 10.7. The van der Waals surface area contributed by atoms with E-state index in [0.717, 1.165) is 17.9 Å². The Bertz CT molecular complexity index is 552. The van der Waals surface area contributed by atoms with Crippen LogP contribution in [0.4, 0.5) is 0 Å². The molecule has 0 atom stereocenters. The van der Waals surface area contributed by atoms with Gasteiger partial charge in [-0.15, -0.1) is 0 Å². The number of benzene rings is 2. The molecule has 0 saturated heterocycles. The molecule has 2 aromatic rings. The lowest BCUT2D eigenvalue weighted by Gasteiger charge is -2.06. The van der Waals surface area contributed by atoms with Crippen LogP contribution >= 0.6 is 11.8 Å². The zero-order valence-corrected chi connectivity index (χ0v) is 12.5. The van der Waals surface area contributed by atoms with Gasteiger partial charge < -0.3 is 9.84 Å². The molecule has 4 heteroatoms. The van der Waals surface area contributed by atoms with Gasteiger partial charge in [-0.25, -0.2) is 4.79 Å². The highest BCUT2D eigenvalue weighted by Gasteiger charge is 2.01. The minimum Gasteiger partial charge on any atom is -0.494 e. The van der Waals surface area contributed by atoms with Crippen LogP contribution in [0.5, 0.6) is 5.75 Å².